The lowest BCUT2D eigenvalue weighted by molar-refractivity contribution is -0.145. The Balaban J connectivity index is 1.94. The first-order valence-electron chi connectivity index (χ1n) is 9.23. The first kappa shape index (κ1) is 19.8. The van der Waals surface area contributed by atoms with Crippen molar-refractivity contribution in [2.75, 3.05) is 0 Å². The van der Waals surface area contributed by atoms with E-state index in [1.807, 2.05) is 35.9 Å². The number of aryl methyl sites for hydroxylation is 4. The van der Waals surface area contributed by atoms with Crippen LogP contribution in [-0.2, 0) is 25.3 Å². The van der Waals surface area contributed by atoms with Crippen molar-refractivity contribution in [2.45, 2.75) is 32.8 Å². The highest BCUT2D eigenvalue weighted by Gasteiger charge is 2.22. The monoisotopic (exact) mass is 383 g/mol. The Morgan fingerprint density at radius 1 is 1.25 bits per heavy atom. The quantitative estimate of drug-likeness (QED) is 0.680. The normalized spacial score (nSPS) is 13.6. The van der Waals surface area contributed by atoms with Crippen molar-refractivity contribution < 1.29 is 15.0 Å². The number of imidazole rings is 1. The number of aliphatic carboxylic acids is 1. The Bertz CT molecular complexity index is 1070. The third kappa shape index (κ3) is 3.71. The molecule has 0 saturated heterocycles. The number of carbonyl (C=O) groups is 1. The summed E-state index contributed by atoms with van der Waals surface area (Å²) < 4.78 is 3.53. The number of hydrogen-bond donors (Lipinski definition) is 2. The van der Waals surface area contributed by atoms with Crippen LogP contribution in [0.4, 0.5) is 0 Å². The Labute approximate surface area is 162 Å². The molecule has 2 heterocycles. The molecule has 0 bridgehead atoms. The highest BCUT2D eigenvalue weighted by molar-refractivity contribution is 5.81. The zero-order chi connectivity index (χ0) is 20.6. The van der Waals surface area contributed by atoms with Crippen LogP contribution in [0.3, 0.4) is 0 Å². The van der Waals surface area contributed by atoms with Crippen molar-refractivity contribution in [3.05, 3.63) is 51.9 Å². The van der Waals surface area contributed by atoms with Gasteiger partial charge in [-0.2, -0.15) is 0 Å². The molecular weight excluding hydrogens is 358 g/mol. The van der Waals surface area contributed by atoms with E-state index >= 15 is 0 Å². The van der Waals surface area contributed by atoms with Gasteiger partial charge in [-0.05, 0) is 50.5 Å². The summed E-state index contributed by atoms with van der Waals surface area (Å²) in [5, 5.41) is 18.9. The van der Waals surface area contributed by atoms with Gasteiger partial charge in [0.05, 0.1) is 23.1 Å². The number of benzene rings is 1. The van der Waals surface area contributed by atoms with Gasteiger partial charge in [0.15, 0.2) is 0 Å². The molecule has 2 N–H and O–H groups in total. The molecule has 28 heavy (non-hydrogen) atoms. The fourth-order valence-corrected chi connectivity index (χ4v) is 3.55. The van der Waals surface area contributed by atoms with E-state index in [0.29, 0.717) is 18.4 Å². The number of carboxylic acids is 1. The Hall–Kier alpha value is -2.93. The van der Waals surface area contributed by atoms with Crippen LogP contribution in [0.15, 0.2) is 35.3 Å². The van der Waals surface area contributed by atoms with Crippen LogP contribution in [0.1, 0.15) is 24.5 Å². The summed E-state index contributed by atoms with van der Waals surface area (Å²) in [7, 11) is 3.65. The van der Waals surface area contributed by atoms with E-state index in [1.165, 1.54) is 6.92 Å². The smallest absolute Gasteiger partial charge is 0.309 e. The SMILES string of the molecule is Cc1cc(-c2nc3cc(CC[C@H](C(=O)O)[C@@H](C)O)ccc3n2C)cn(C)c1=O. The summed E-state index contributed by atoms with van der Waals surface area (Å²) in [6.07, 6.45) is 1.79. The molecule has 7 nitrogen and oxygen atoms in total. The molecule has 1 aromatic carbocycles. The Kier molecular flexibility index (Phi) is 5.38. The van der Waals surface area contributed by atoms with E-state index in [4.69, 9.17) is 4.98 Å². The minimum absolute atomic E-state index is 0.0316. The zero-order valence-corrected chi connectivity index (χ0v) is 16.5. The van der Waals surface area contributed by atoms with Gasteiger partial charge in [0.25, 0.3) is 5.56 Å². The average molecular weight is 383 g/mol. The van der Waals surface area contributed by atoms with E-state index in [1.54, 1.807) is 24.7 Å². The molecule has 7 heteroatoms. The third-order valence-corrected chi connectivity index (χ3v) is 5.21. The molecule has 3 rings (SSSR count). The highest BCUT2D eigenvalue weighted by Crippen LogP contribution is 2.25. The minimum Gasteiger partial charge on any atom is -0.481 e. The van der Waals surface area contributed by atoms with Gasteiger partial charge >= 0.3 is 5.97 Å². The van der Waals surface area contributed by atoms with Gasteiger partial charge < -0.3 is 19.3 Å². The van der Waals surface area contributed by atoms with Crippen molar-refractivity contribution in [3.63, 3.8) is 0 Å². The molecule has 0 unspecified atom stereocenters. The first-order chi connectivity index (χ1) is 13.2. The maximum atomic E-state index is 12.0. The molecule has 0 aliphatic rings. The van der Waals surface area contributed by atoms with E-state index in [9.17, 15) is 19.8 Å². The predicted molar refractivity (Wildman–Crippen MR) is 107 cm³/mol. The fraction of sp³-hybridized carbons (Fsp3) is 0.381. The number of rotatable bonds is 6. The number of aliphatic hydroxyl groups excluding tert-OH is 1. The molecule has 148 valence electrons. The molecule has 0 aliphatic carbocycles. The topological polar surface area (TPSA) is 97.3 Å². The highest BCUT2D eigenvalue weighted by atomic mass is 16.4. The largest absolute Gasteiger partial charge is 0.481 e. The molecule has 0 fully saturated rings. The summed E-state index contributed by atoms with van der Waals surface area (Å²) in [6.45, 7) is 3.29. The van der Waals surface area contributed by atoms with Crippen LogP contribution >= 0.6 is 0 Å². The second-order valence-electron chi connectivity index (χ2n) is 7.37. The van der Waals surface area contributed by atoms with Crippen LogP contribution in [0.5, 0.6) is 0 Å². The summed E-state index contributed by atoms with van der Waals surface area (Å²) in [6, 6.07) is 7.72. The van der Waals surface area contributed by atoms with E-state index < -0.39 is 18.0 Å². The maximum Gasteiger partial charge on any atom is 0.309 e. The molecule has 0 radical (unpaired) electrons. The van der Waals surface area contributed by atoms with Crippen molar-refractivity contribution in [1.29, 1.82) is 0 Å². The number of pyridine rings is 1. The van der Waals surface area contributed by atoms with Gasteiger partial charge in [-0.1, -0.05) is 6.07 Å². The second kappa shape index (κ2) is 7.59. The van der Waals surface area contributed by atoms with Crippen LogP contribution in [0.25, 0.3) is 22.4 Å². The van der Waals surface area contributed by atoms with Crippen molar-refractivity contribution >= 4 is 17.0 Å². The third-order valence-electron chi connectivity index (χ3n) is 5.21. The lowest BCUT2D eigenvalue weighted by atomic mass is 9.95. The molecule has 0 spiro atoms. The molecule has 0 aliphatic heterocycles. The second-order valence-corrected chi connectivity index (χ2v) is 7.37. The van der Waals surface area contributed by atoms with Crippen molar-refractivity contribution in [3.8, 4) is 11.4 Å². The van der Waals surface area contributed by atoms with E-state index in [0.717, 1.165) is 28.0 Å². The minimum atomic E-state index is -0.985. The summed E-state index contributed by atoms with van der Waals surface area (Å²) >= 11 is 0. The molecular formula is C21H25N3O4. The number of hydrogen-bond acceptors (Lipinski definition) is 4. The lowest BCUT2D eigenvalue weighted by Crippen LogP contribution is -2.26. The number of aromatic nitrogens is 3. The number of carboxylic acid groups (broad SMARTS) is 1. The summed E-state index contributed by atoms with van der Waals surface area (Å²) in [5.41, 5.74) is 4.23. The van der Waals surface area contributed by atoms with Crippen LogP contribution in [0, 0.1) is 12.8 Å². The molecule has 3 aromatic rings. The van der Waals surface area contributed by atoms with Crippen molar-refractivity contribution in [2.24, 2.45) is 20.0 Å². The number of aliphatic hydroxyl groups is 1. The lowest BCUT2D eigenvalue weighted by Gasteiger charge is -2.14. The summed E-state index contributed by atoms with van der Waals surface area (Å²) in [4.78, 5) is 27.9. The first-order valence-corrected chi connectivity index (χ1v) is 9.23. The van der Waals surface area contributed by atoms with Gasteiger partial charge in [-0.25, -0.2) is 4.98 Å². The van der Waals surface area contributed by atoms with E-state index in [2.05, 4.69) is 0 Å². The maximum absolute atomic E-state index is 12.0. The van der Waals surface area contributed by atoms with E-state index in [-0.39, 0.29) is 5.56 Å². The van der Waals surface area contributed by atoms with Crippen molar-refractivity contribution in [1.82, 2.24) is 14.1 Å². The van der Waals surface area contributed by atoms with Gasteiger partial charge in [-0.15, -0.1) is 0 Å². The van der Waals surface area contributed by atoms with Gasteiger partial charge in [0.2, 0.25) is 0 Å². The fourth-order valence-electron chi connectivity index (χ4n) is 3.55. The van der Waals surface area contributed by atoms with Crippen LogP contribution in [0.2, 0.25) is 0 Å². The number of nitrogens with zero attached hydrogens (tertiary/aromatic N) is 3. The zero-order valence-electron chi connectivity index (χ0n) is 16.5. The van der Waals surface area contributed by atoms with Crippen LogP contribution in [-0.4, -0.2) is 36.4 Å². The standard InChI is InChI=1S/C21H25N3O4/c1-12-9-15(11-23(3)20(12)26)19-22-17-10-14(6-8-18(17)24(19)4)5-7-16(13(2)25)21(27)28/h6,8-11,13,16,25H,5,7H2,1-4H3,(H,27,28)/t13-,16+/m1/s1. The summed E-state index contributed by atoms with van der Waals surface area (Å²) in [5.74, 6) is -1.01. The number of fused-ring (bicyclic) bond motifs is 1. The molecule has 2 aromatic heterocycles. The molecule has 2 atom stereocenters. The van der Waals surface area contributed by atoms with Gasteiger partial charge in [-0.3, -0.25) is 9.59 Å². The van der Waals surface area contributed by atoms with Gasteiger partial charge in [0.1, 0.15) is 5.82 Å². The Morgan fingerprint density at radius 2 is 1.96 bits per heavy atom. The Morgan fingerprint density at radius 3 is 2.57 bits per heavy atom. The predicted octanol–water partition coefficient (Wildman–Crippen LogP) is 2.26. The molecule has 0 saturated carbocycles. The van der Waals surface area contributed by atoms with Gasteiger partial charge in [0, 0.05) is 31.4 Å². The van der Waals surface area contributed by atoms with Crippen LogP contribution < -0.4 is 5.56 Å². The average Bonchev–Trinajstić information content (AvgIpc) is 2.95. The molecule has 0 amide bonds.